The van der Waals surface area contributed by atoms with E-state index in [-0.39, 0.29) is 5.75 Å². The lowest BCUT2D eigenvalue weighted by atomic mass is 10.2. The first kappa shape index (κ1) is 11.7. The number of carboxylic acids is 1. The highest BCUT2D eigenvalue weighted by molar-refractivity contribution is 6.30. The van der Waals surface area contributed by atoms with Crippen molar-refractivity contribution in [3.8, 4) is 5.75 Å². The van der Waals surface area contributed by atoms with Gasteiger partial charge in [0, 0.05) is 5.02 Å². The van der Waals surface area contributed by atoms with Gasteiger partial charge in [-0.25, -0.2) is 0 Å². The molecule has 0 unspecified atom stereocenters. The lowest BCUT2D eigenvalue weighted by molar-refractivity contribution is -0.350. The second-order valence-corrected chi connectivity index (χ2v) is 3.25. The number of rotatable bonds is 3. The molecule has 6 heteroatoms. The van der Waals surface area contributed by atoms with Crippen molar-refractivity contribution in [3.63, 3.8) is 0 Å². The van der Waals surface area contributed by atoms with Gasteiger partial charge < -0.3 is 14.6 Å². The number of carbonyl (C=O) groups excluding carboxylic acids is 1. The van der Waals surface area contributed by atoms with Crippen LogP contribution in [0.5, 0.6) is 5.75 Å². The molecule has 0 bridgehead atoms. The van der Waals surface area contributed by atoms with Crippen LogP contribution in [-0.4, -0.2) is 12.1 Å². The highest BCUT2D eigenvalue weighted by atomic mass is 35.5. The number of ether oxygens (including phenoxy) is 1. The average molecular weight is 236 g/mol. The summed E-state index contributed by atoms with van der Waals surface area (Å²) in [4.78, 5) is 9.99. The molecular weight excluding hydrogens is 230 g/mol. The fourth-order valence-electron chi connectivity index (χ4n) is 0.907. The van der Waals surface area contributed by atoms with E-state index >= 15 is 0 Å². The van der Waals surface area contributed by atoms with Crippen molar-refractivity contribution in [2.45, 2.75) is 13.0 Å². The van der Waals surface area contributed by atoms with Gasteiger partial charge in [0.05, 0.1) is 0 Å². The zero-order valence-corrected chi connectivity index (χ0v) is 8.35. The molecule has 15 heavy (non-hydrogen) atoms. The number of hydrogen-bond donors (Lipinski definition) is 0. The van der Waals surface area contributed by atoms with E-state index in [0.29, 0.717) is 10.6 Å². The Morgan fingerprint density at radius 1 is 1.53 bits per heavy atom. The van der Waals surface area contributed by atoms with Crippen LogP contribution >= 0.6 is 11.6 Å². The second kappa shape index (κ2) is 4.02. The first-order chi connectivity index (χ1) is 6.83. The third kappa shape index (κ3) is 2.79. The number of alkyl halides is 2. The molecule has 0 spiro atoms. The number of carboxylic acid groups (broad SMARTS) is 1. The maximum absolute atomic E-state index is 12.6. The predicted molar refractivity (Wildman–Crippen MR) is 46.8 cm³/mol. The smallest absolute Gasteiger partial charge is 0.441 e. The van der Waals surface area contributed by atoms with E-state index in [1.165, 1.54) is 19.1 Å². The van der Waals surface area contributed by atoms with Crippen LogP contribution in [0.4, 0.5) is 8.78 Å². The lowest BCUT2D eigenvalue weighted by Crippen LogP contribution is -2.45. The number of hydrogen-bond acceptors (Lipinski definition) is 3. The van der Waals surface area contributed by atoms with Crippen LogP contribution in [0.1, 0.15) is 5.56 Å². The molecule has 3 nitrogen and oxygen atoms in total. The summed E-state index contributed by atoms with van der Waals surface area (Å²) in [6.45, 7) is 1.46. The number of halogens is 3. The van der Waals surface area contributed by atoms with Crippen molar-refractivity contribution in [2.24, 2.45) is 0 Å². The van der Waals surface area contributed by atoms with Gasteiger partial charge in [-0.15, -0.1) is 0 Å². The highest BCUT2D eigenvalue weighted by Crippen LogP contribution is 2.26. The van der Waals surface area contributed by atoms with Gasteiger partial charge in [-0.3, -0.25) is 0 Å². The molecule has 0 amide bonds. The van der Waals surface area contributed by atoms with Gasteiger partial charge in [0.15, 0.2) is 5.97 Å². The SMILES string of the molecule is Cc1cc(Cl)ccc1OC(F)(F)C(=O)[O-]. The molecule has 82 valence electrons. The Balaban J connectivity index is 2.95. The molecule has 1 aromatic rings. The van der Waals surface area contributed by atoms with Gasteiger partial charge in [-0.05, 0) is 30.7 Å². The van der Waals surface area contributed by atoms with Crippen molar-refractivity contribution in [2.75, 3.05) is 0 Å². The van der Waals surface area contributed by atoms with E-state index in [1.54, 1.807) is 0 Å². The molecule has 0 heterocycles. The Hall–Kier alpha value is -1.36. The molecule has 0 aliphatic rings. The van der Waals surface area contributed by atoms with Crippen molar-refractivity contribution in [3.05, 3.63) is 28.8 Å². The molecule has 0 fully saturated rings. The predicted octanol–water partition coefficient (Wildman–Crippen LogP) is 1.37. The maximum Gasteiger partial charge on any atom is 0.441 e. The summed E-state index contributed by atoms with van der Waals surface area (Å²) in [5.74, 6) is -2.84. The summed E-state index contributed by atoms with van der Waals surface area (Å²) in [5.41, 5.74) is 0.309. The van der Waals surface area contributed by atoms with E-state index in [0.717, 1.165) is 6.07 Å². The molecule has 0 radical (unpaired) electrons. The molecule has 0 atom stereocenters. The molecule has 0 N–H and O–H groups in total. The summed E-state index contributed by atoms with van der Waals surface area (Å²) in [5, 5.41) is 10.3. The second-order valence-electron chi connectivity index (χ2n) is 2.82. The molecule has 0 aliphatic carbocycles. The molecular formula is C9H6ClF2O3-. The molecule has 0 saturated carbocycles. The van der Waals surface area contributed by atoms with Gasteiger partial charge in [-0.2, -0.15) is 8.78 Å². The van der Waals surface area contributed by atoms with Gasteiger partial charge in [0.25, 0.3) is 0 Å². The third-order valence-electron chi connectivity index (χ3n) is 1.61. The number of benzene rings is 1. The maximum atomic E-state index is 12.6. The number of aryl methyl sites for hydroxylation is 1. The summed E-state index contributed by atoms with van der Waals surface area (Å²) in [7, 11) is 0. The normalized spacial score (nSPS) is 11.2. The van der Waals surface area contributed by atoms with Crippen LogP contribution in [0.3, 0.4) is 0 Å². The monoisotopic (exact) mass is 235 g/mol. The molecule has 1 aromatic carbocycles. The zero-order valence-electron chi connectivity index (χ0n) is 7.59. The Morgan fingerprint density at radius 2 is 2.13 bits per heavy atom. The van der Waals surface area contributed by atoms with Crippen molar-refractivity contribution < 1.29 is 23.4 Å². The van der Waals surface area contributed by atoms with Crippen LogP contribution in [0, 0.1) is 6.92 Å². The molecule has 0 aromatic heterocycles. The van der Waals surface area contributed by atoms with Gasteiger partial charge in [-0.1, -0.05) is 11.6 Å². The molecule has 1 rings (SSSR count). The summed E-state index contributed by atoms with van der Waals surface area (Å²) >= 11 is 5.58. The molecule has 0 aliphatic heterocycles. The van der Waals surface area contributed by atoms with E-state index < -0.39 is 12.1 Å². The van der Waals surface area contributed by atoms with E-state index in [1.807, 2.05) is 0 Å². The van der Waals surface area contributed by atoms with Gasteiger partial charge in [0.1, 0.15) is 5.75 Å². The van der Waals surface area contributed by atoms with E-state index in [9.17, 15) is 18.7 Å². The molecule has 0 saturated heterocycles. The summed E-state index contributed by atoms with van der Waals surface area (Å²) in [6.07, 6.45) is -4.35. The van der Waals surface area contributed by atoms with Crippen LogP contribution < -0.4 is 9.84 Å². The Bertz CT molecular complexity index is 393. The standard InChI is InChI=1S/C9H7ClF2O3/c1-5-4-6(10)2-3-7(5)15-9(11,12)8(13)14/h2-4H,1H3,(H,13,14)/p-1. The van der Waals surface area contributed by atoms with Crippen LogP contribution in [0.15, 0.2) is 18.2 Å². The largest absolute Gasteiger partial charge is 0.541 e. The number of aliphatic carboxylic acids is 1. The third-order valence-corrected chi connectivity index (χ3v) is 1.85. The van der Waals surface area contributed by atoms with Gasteiger partial charge >= 0.3 is 6.11 Å². The lowest BCUT2D eigenvalue weighted by Gasteiger charge is -2.19. The Morgan fingerprint density at radius 3 is 2.60 bits per heavy atom. The van der Waals surface area contributed by atoms with E-state index in [2.05, 4.69) is 4.74 Å². The van der Waals surface area contributed by atoms with Crippen molar-refractivity contribution in [1.82, 2.24) is 0 Å². The highest BCUT2D eigenvalue weighted by Gasteiger charge is 2.34. The minimum atomic E-state index is -4.35. The number of carbonyl (C=O) groups is 1. The Kier molecular flexibility index (Phi) is 3.14. The van der Waals surface area contributed by atoms with E-state index in [4.69, 9.17) is 11.6 Å². The summed E-state index contributed by atoms with van der Waals surface area (Å²) < 4.78 is 29.2. The first-order valence-corrected chi connectivity index (χ1v) is 4.25. The van der Waals surface area contributed by atoms with Crippen LogP contribution in [0.2, 0.25) is 5.02 Å². The zero-order chi connectivity index (χ0) is 11.6. The summed E-state index contributed by atoms with van der Waals surface area (Å²) in [6, 6.07) is 3.85. The van der Waals surface area contributed by atoms with Crippen molar-refractivity contribution in [1.29, 1.82) is 0 Å². The minimum absolute atomic E-state index is 0.256. The minimum Gasteiger partial charge on any atom is -0.541 e. The average Bonchev–Trinajstić information content (AvgIpc) is 2.09. The first-order valence-electron chi connectivity index (χ1n) is 3.87. The van der Waals surface area contributed by atoms with Crippen LogP contribution in [0.25, 0.3) is 0 Å². The quantitative estimate of drug-likeness (QED) is 0.795. The fourth-order valence-corrected chi connectivity index (χ4v) is 1.13. The fraction of sp³-hybridized carbons (Fsp3) is 0.222. The topological polar surface area (TPSA) is 49.4 Å². The van der Waals surface area contributed by atoms with Crippen molar-refractivity contribution >= 4 is 17.6 Å². The Labute approximate surface area is 89.2 Å². The van der Waals surface area contributed by atoms with Crippen LogP contribution in [-0.2, 0) is 4.79 Å². The van der Waals surface area contributed by atoms with Gasteiger partial charge in [0.2, 0.25) is 0 Å².